The van der Waals surface area contributed by atoms with Crippen LogP contribution in [0, 0.1) is 6.92 Å². The maximum Gasteiger partial charge on any atom is 0.215 e. The minimum Gasteiger partial charge on any atom is -0.726 e. The number of aromatic nitrogens is 1. The molecule has 6 heteroatoms. The first-order valence-corrected chi connectivity index (χ1v) is 4.76. The smallest absolute Gasteiger partial charge is 0.215 e. The number of rotatable bonds is 0. The van der Waals surface area contributed by atoms with E-state index in [4.69, 9.17) is 17.5 Å². The second kappa shape index (κ2) is 4.90. The molecule has 1 heterocycles. The van der Waals surface area contributed by atoms with E-state index in [0.29, 0.717) is 0 Å². The number of aryl methyl sites for hydroxylation is 2. The van der Waals surface area contributed by atoms with Gasteiger partial charge in [0.15, 0.2) is 12.4 Å². The van der Waals surface area contributed by atoms with Gasteiger partial charge >= 0.3 is 0 Å². The molecule has 13 heavy (non-hydrogen) atoms. The Bertz CT molecular complexity index is 335. The summed E-state index contributed by atoms with van der Waals surface area (Å²) in [6, 6.07) is 4.12. The van der Waals surface area contributed by atoms with Crippen molar-refractivity contribution in [3.63, 3.8) is 0 Å². The van der Waals surface area contributed by atoms with E-state index in [1.165, 1.54) is 5.56 Å². The first-order valence-electron chi connectivity index (χ1n) is 3.39. The van der Waals surface area contributed by atoms with Gasteiger partial charge in [-0.05, 0) is 13.0 Å². The molecule has 0 atom stereocenters. The Labute approximate surface area is 77.2 Å². The molecule has 0 fully saturated rings. The van der Waals surface area contributed by atoms with E-state index in [1.54, 1.807) is 0 Å². The van der Waals surface area contributed by atoms with Crippen LogP contribution < -0.4 is 4.57 Å². The van der Waals surface area contributed by atoms with Crippen molar-refractivity contribution in [3.8, 4) is 0 Å². The lowest BCUT2D eigenvalue weighted by atomic mass is 10.3. The third-order valence-electron chi connectivity index (χ3n) is 1.09. The molecule has 0 saturated carbocycles. The molecule has 0 unspecified atom stereocenters. The van der Waals surface area contributed by atoms with Crippen molar-refractivity contribution in [3.05, 3.63) is 30.1 Å². The Morgan fingerprint density at radius 2 is 2.00 bits per heavy atom. The van der Waals surface area contributed by atoms with Gasteiger partial charge in [0.05, 0.1) is 0 Å². The Morgan fingerprint density at radius 3 is 2.23 bits per heavy atom. The predicted octanol–water partition coefficient (Wildman–Crippen LogP) is -0.176. The lowest BCUT2D eigenvalue weighted by Crippen LogP contribution is -2.26. The SMILES string of the molecule is Cc1ccc[n+](C)c1.O=S(=O)([O-])O. The molecule has 1 rings (SSSR count). The Morgan fingerprint density at radius 1 is 1.54 bits per heavy atom. The lowest BCUT2D eigenvalue weighted by Gasteiger charge is -1.88. The molecule has 0 aliphatic rings. The third-order valence-corrected chi connectivity index (χ3v) is 1.09. The molecule has 5 nitrogen and oxygen atoms in total. The zero-order chi connectivity index (χ0) is 10.5. The van der Waals surface area contributed by atoms with Gasteiger partial charge in [-0.25, -0.2) is 13.0 Å². The van der Waals surface area contributed by atoms with Crippen molar-refractivity contribution >= 4 is 10.4 Å². The van der Waals surface area contributed by atoms with Crippen LogP contribution in [0.4, 0.5) is 0 Å². The number of hydrogen-bond donors (Lipinski definition) is 1. The van der Waals surface area contributed by atoms with E-state index in [2.05, 4.69) is 19.2 Å². The molecule has 0 spiro atoms. The summed E-state index contributed by atoms with van der Waals surface area (Å²) < 4.78 is 34.9. The zero-order valence-corrected chi connectivity index (χ0v) is 8.15. The van der Waals surface area contributed by atoms with Gasteiger partial charge in [0, 0.05) is 11.6 Å². The summed E-state index contributed by atoms with van der Waals surface area (Å²) in [5.74, 6) is 0. The molecule has 0 saturated heterocycles. The molecule has 1 N–H and O–H groups in total. The first-order chi connectivity index (χ1) is 5.79. The summed E-state index contributed by atoms with van der Waals surface area (Å²) in [6.45, 7) is 2.08. The summed E-state index contributed by atoms with van der Waals surface area (Å²) in [6.07, 6.45) is 4.10. The van der Waals surface area contributed by atoms with Crippen LogP contribution in [0.1, 0.15) is 5.56 Å². The standard InChI is InChI=1S/C7H10N.H2O4S/c1-7-4-3-5-8(2)6-7;1-5(2,3)4/h3-6H,1-2H3;(H2,1,2,3,4)/q+1;/p-1. The topological polar surface area (TPSA) is 81.3 Å². The number of hydrogen-bond acceptors (Lipinski definition) is 3. The van der Waals surface area contributed by atoms with Crippen molar-refractivity contribution in [2.45, 2.75) is 6.92 Å². The highest BCUT2D eigenvalue weighted by Gasteiger charge is 1.87. The van der Waals surface area contributed by atoms with E-state index in [1.807, 2.05) is 23.9 Å². The van der Waals surface area contributed by atoms with E-state index in [-0.39, 0.29) is 0 Å². The van der Waals surface area contributed by atoms with Gasteiger partial charge in [0.25, 0.3) is 0 Å². The highest BCUT2D eigenvalue weighted by Crippen LogP contribution is 1.86. The maximum absolute atomic E-state index is 8.63. The molecular formula is C7H11NO4S. The molecule has 74 valence electrons. The zero-order valence-electron chi connectivity index (χ0n) is 7.34. The van der Waals surface area contributed by atoms with Gasteiger partial charge in [0.2, 0.25) is 10.4 Å². The Kier molecular flexibility index (Phi) is 4.53. The highest BCUT2D eigenvalue weighted by molar-refractivity contribution is 7.79. The molecule has 0 aromatic carbocycles. The molecular weight excluding hydrogens is 194 g/mol. The summed E-state index contributed by atoms with van der Waals surface area (Å²) in [5, 5.41) is 0. The van der Waals surface area contributed by atoms with Gasteiger partial charge in [-0.1, -0.05) is 0 Å². The normalized spacial score (nSPS) is 10.2. The van der Waals surface area contributed by atoms with Crippen LogP contribution >= 0.6 is 0 Å². The largest absolute Gasteiger partial charge is 0.726 e. The molecule has 0 radical (unpaired) electrons. The molecule has 0 bridgehead atoms. The van der Waals surface area contributed by atoms with Crippen LogP contribution in [0.3, 0.4) is 0 Å². The van der Waals surface area contributed by atoms with Crippen molar-refractivity contribution in [2.75, 3.05) is 0 Å². The highest BCUT2D eigenvalue weighted by atomic mass is 32.3. The van der Waals surface area contributed by atoms with Gasteiger partial charge in [-0.3, -0.25) is 4.55 Å². The molecule has 1 aromatic rings. The minimum absolute atomic E-state index is 1.30. The fraction of sp³-hybridized carbons (Fsp3) is 0.286. The van der Waals surface area contributed by atoms with Crippen LogP contribution in [0.15, 0.2) is 24.5 Å². The van der Waals surface area contributed by atoms with Gasteiger partial charge in [-0.15, -0.1) is 0 Å². The molecule has 0 aliphatic heterocycles. The van der Waals surface area contributed by atoms with Crippen molar-refractivity contribution < 1.29 is 22.1 Å². The van der Waals surface area contributed by atoms with Crippen LogP contribution in [-0.2, 0) is 17.4 Å². The third kappa shape index (κ3) is 11.0. The molecule has 0 amide bonds. The average molecular weight is 205 g/mol. The quantitative estimate of drug-likeness (QED) is 0.362. The lowest BCUT2D eigenvalue weighted by molar-refractivity contribution is -0.671. The first kappa shape index (κ1) is 12.0. The average Bonchev–Trinajstić information content (AvgIpc) is 1.81. The summed E-state index contributed by atoms with van der Waals surface area (Å²) in [5.41, 5.74) is 1.30. The van der Waals surface area contributed by atoms with E-state index in [9.17, 15) is 0 Å². The van der Waals surface area contributed by atoms with E-state index in [0.717, 1.165) is 0 Å². The second-order valence-electron chi connectivity index (χ2n) is 2.47. The summed E-state index contributed by atoms with van der Waals surface area (Å²) in [7, 11) is -2.90. The van der Waals surface area contributed by atoms with E-state index < -0.39 is 10.4 Å². The fourth-order valence-corrected chi connectivity index (χ4v) is 0.738. The maximum atomic E-state index is 8.63. The van der Waals surface area contributed by atoms with Crippen LogP contribution in [0.25, 0.3) is 0 Å². The van der Waals surface area contributed by atoms with Crippen LogP contribution in [0.2, 0.25) is 0 Å². The predicted molar refractivity (Wildman–Crippen MR) is 44.7 cm³/mol. The van der Waals surface area contributed by atoms with Gasteiger partial charge in [-0.2, -0.15) is 0 Å². The Balaban J connectivity index is 0.000000252. The minimum atomic E-state index is -4.92. The summed E-state index contributed by atoms with van der Waals surface area (Å²) in [4.78, 5) is 0. The van der Waals surface area contributed by atoms with Gasteiger partial charge in [0.1, 0.15) is 7.05 Å². The van der Waals surface area contributed by atoms with Crippen LogP contribution in [-0.4, -0.2) is 17.5 Å². The molecule has 1 aromatic heterocycles. The Hall–Kier alpha value is -0.980. The molecule has 0 aliphatic carbocycles. The van der Waals surface area contributed by atoms with E-state index >= 15 is 0 Å². The monoisotopic (exact) mass is 205 g/mol. The van der Waals surface area contributed by atoms with Crippen molar-refractivity contribution in [2.24, 2.45) is 7.05 Å². The van der Waals surface area contributed by atoms with Gasteiger partial charge < -0.3 is 4.55 Å². The number of pyridine rings is 1. The van der Waals surface area contributed by atoms with Crippen molar-refractivity contribution in [1.29, 1.82) is 0 Å². The van der Waals surface area contributed by atoms with Crippen LogP contribution in [0.5, 0.6) is 0 Å². The fourth-order valence-electron chi connectivity index (χ4n) is 0.738. The summed E-state index contributed by atoms with van der Waals surface area (Å²) >= 11 is 0. The second-order valence-corrected chi connectivity index (χ2v) is 3.33. The van der Waals surface area contributed by atoms with Crippen molar-refractivity contribution in [1.82, 2.24) is 0 Å². The number of nitrogens with zero attached hydrogens (tertiary/aromatic N) is 1.